The van der Waals surface area contributed by atoms with Crippen molar-refractivity contribution in [3.05, 3.63) is 64.6 Å². The van der Waals surface area contributed by atoms with Gasteiger partial charge in [0, 0.05) is 16.6 Å². The van der Waals surface area contributed by atoms with Crippen LogP contribution in [0.1, 0.15) is 25.3 Å². The molecule has 1 saturated heterocycles. The molecule has 1 fully saturated rings. The molecule has 2 N–H and O–H groups in total. The molecule has 0 bridgehead atoms. The second kappa shape index (κ2) is 9.66. The fourth-order valence-corrected chi connectivity index (χ4v) is 3.75. The molecule has 2 aromatic rings. The zero-order valence-electron chi connectivity index (χ0n) is 15.2. The molecule has 0 radical (unpaired) electrons. The lowest BCUT2D eigenvalue weighted by atomic mass is 10.1. The summed E-state index contributed by atoms with van der Waals surface area (Å²) in [5.41, 5.74) is 2.51. The van der Waals surface area contributed by atoms with E-state index in [-0.39, 0.29) is 18.2 Å². The third kappa shape index (κ3) is 5.53. The summed E-state index contributed by atoms with van der Waals surface area (Å²) in [6, 6.07) is 17.0. The van der Waals surface area contributed by atoms with Crippen LogP contribution in [-0.4, -0.2) is 27.9 Å². The van der Waals surface area contributed by atoms with E-state index in [0.29, 0.717) is 10.9 Å². The summed E-state index contributed by atoms with van der Waals surface area (Å²) in [4.78, 5) is 24.4. The number of halogens is 1. The van der Waals surface area contributed by atoms with E-state index >= 15 is 0 Å². The van der Waals surface area contributed by atoms with Crippen LogP contribution in [0.4, 0.5) is 5.69 Å². The van der Waals surface area contributed by atoms with E-state index in [2.05, 4.69) is 36.8 Å². The molecule has 28 heavy (non-hydrogen) atoms. The second-order valence-corrected chi connectivity index (χ2v) is 8.13. The third-order valence-corrected chi connectivity index (χ3v) is 5.58. The molecular formula is C20H19BrN4O2S. The van der Waals surface area contributed by atoms with Gasteiger partial charge in [0.1, 0.15) is 5.25 Å². The molecule has 144 valence electrons. The first kappa shape index (κ1) is 20.3. The average molecular weight is 459 g/mol. The highest BCUT2D eigenvalue weighted by atomic mass is 79.9. The number of hydrogen-bond acceptors (Lipinski definition) is 5. The van der Waals surface area contributed by atoms with Crippen molar-refractivity contribution in [3.63, 3.8) is 0 Å². The van der Waals surface area contributed by atoms with Gasteiger partial charge in [-0.2, -0.15) is 5.10 Å². The molecule has 1 unspecified atom stereocenters. The lowest BCUT2D eigenvalue weighted by Crippen LogP contribution is -2.28. The standard InChI is InChI=1S/C20H19BrN4O2S/c1-2-16(13-6-4-3-5-7-13)24-25-20-23-19(27)17(28-20)12-18(26)22-15-10-8-14(21)9-11-15/h3-11,17H,2,12H2,1H3,(H,22,26)(H,23,25,27). The quantitative estimate of drug-likeness (QED) is 0.502. The van der Waals surface area contributed by atoms with E-state index in [4.69, 9.17) is 0 Å². The van der Waals surface area contributed by atoms with Gasteiger partial charge in [0.2, 0.25) is 11.8 Å². The SMILES string of the molecule is CCC(=NN=C1NC(=O)C(CC(=O)Nc2ccc(Br)cc2)S1)c1ccccc1. The van der Waals surface area contributed by atoms with Crippen molar-refractivity contribution >= 4 is 56.1 Å². The molecule has 0 aromatic heterocycles. The number of amidine groups is 1. The number of benzene rings is 2. The highest BCUT2D eigenvalue weighted by molar-refractivity contribution is 9.10. The maximum absolute atomic E-state index is 12.2. The van der Waals surface area contributed by atoms with Crippen molar-refractivity contribution in [1.82, 2.24) is 5.32 Å². The predicted octanol–water partition coefficient (Wildman–Crippen LogP) is 4.18. The van der Waals surface area contributed by atoms with Gasteiger partial charge >= 0.3 is 0 Å². The van der Waals surface area contributed by atoms with Crippen molar-refractivity contribution in [1.29, 1.82) is 0 Å². The van der Waals surface area contributed by atoms with E-state index < -0.39 is 5.25 Å². The molecule has 1 atom stereocenters. The summed E-state index contributed by atoms with van der Waals surface area (Å²) in [5.74, 6) is -0.457. The monoisotopic (exact) mass is 458 g/mol. The number of nitrogens with one attached hydrogen (secondary N) is 2. The molecule has 2 amide bonds. The number of anilines is 1. The number of rotatable bonds is 6. The Morgan fingerprint density at radius 3 is 2.57 bits per heavy atom. The molecule has 2 aromatic carbocycles. The summed E-state index contributed by atoms with van der Waals surface area (Å²) in [5, 5.41) is 13.8. The van der Waals surface area contributed by atoms with E-state index in [1.807, 2.05) is 49.4 Å². The maximum atomic E-state index is 12.2. The summed E-state index contributed by atoms with van der Waals surface area (Å²) >= 11 is 4.57. The minimum atomic E-state index is -0.522. The number of thioether (sulfide) groups is 1. The lowest BCUT2D eigenvalue weighted by Gasteiger charge is -2.07. The molecule has 0 saturated carbocycles. The Balaban J connectivity index is 1.61. The van der Waals surface area contributed by atoms with Crippen LogP contribution in [0, 0.1) is 0 Å². The van der Waals surface area contributed by atoms with E-state index in [1.54, 1.807) is 12.1 Å². The Kier molecular flexibility index (Phi) is 7.00. The van der Waals surface area contributed by atoms with Crippen LogP contribution in [0.15, 0.2) is 69.3 Å². The van der Waals surface area contributed by atoms with Gasteiger partial charge in [-0.25, -0.2) is 0 Å². The number of carbonyl (C=O) groups excluding carboxylic acids is 2. The van der Waals surface area contributed by atoms with Crippen molar-refractivity contribution in [2.45, 2.75) is 25.0 Å². The first-order chi connectivity index (χ1) is 13.5. The Labute approximate surface area is 176 Å². The number of amides is 2. The second-order valence-electron chi connectivity index (χ2n) is 6.03. The normalized spacial score (nSPS) is 18.2. The Morgan fingerprint density at radius 2 is 1.89 bits per heavy atom. The van der Waals surface area contributed by atoms with Crippen LogP contribution in [-0.2, 0) is 9.59 Å². The van der Waals surface area contributed by atoms with Gasteiger partial charge in [0.15, 0.2) is 5.17 Å². The van der Waals surface area contributed by atoms with Crippen LogP contribution in [0.2, 0.25) is 0 Å². The van der Waals surface area contributed by atoms with E-state index in [1.165, 1.54) is 11.8 Å². The molecule has 8 heteroatoms. The van der Waals surface area contributed by atoms with Crippen molar-refractivity contribution in [2.24, 2.45) is 10.2 Å². The van der Waals surface area contributed by atoms with Gasteiger partial charge in [0.25, 0.3) is 0 Å². The first-order valence-electron chi connectivity index (χ1n) is 8.78. The molecule has 0 aliphatic carbocycles. The highest BCUT2D eigenvalue weighted by Crippen LogP contribution is 2.23. The Morgan fingerprint density at radius 1 is 1.18 bits per heavy atom. The van der Waals surface area contributed by atoms with Gasteiger partial charge in [-0.1, -0.05) is 64.9 Å². The largest absolute Gasteiger partial charge is 0.326 e. The first-order valence-corrected chi connectivity index (χ1v) is 10.5. The minimum Gasteiger partial charge on any atom is -0.326 e. The van der Waals surface area contributed by atoms with Gasteiger partial charge in [0.05, 0.1) is 5.71 Å². The lowest BCUT2D eigenvalue weighted by molar-refractivity contribution is -0.122. The fraction of sp³-hybridized carbons (Fsp3) is 0.200. The molecule has 0 spiro atoms. The van der Waals surface area contributed by atoms with Crippen LogP contribution >= 0.6 is 27.7 Å². The third-order valence-electron chi connectivity index (χ3n) is 3.98. The molecule has 6 nitrogen and oxygen atoms in total. The van der Waals surface area contributed by atoms with Crippen molar-refractivity contribution in [3.8, 4) is 0 Å². The van der Waals surface area contributed by atoms with Gasteiger partial charge in [-0.15, -0.1) is 5.10 Å². The van der Waals surface area contributed by atoms with E-state index in [0.717, 1.165) is 22.2 Å². The summed E-state index contributed by atoms with van der Waals surface area (Å²) in [6.45, 7) is 2.00. The Hall–Kier alpha value is -2.45. The van der Waals surface area contributed by atoms with Crippen LogP contribution in [0.3, 0.4) is 0 Å². The molecule has 1 aliphatic rings. The predicted molar refractivity (Wildman–Crippen MR) is 118 cm³/mol. The van der Waals surface area contributed by atoms with Gasteiger partial charge in [-0.05, 0) is 36.2 Å². The molecule has 1 heterocycles. The summed E-state index contributed by atoms with van der Waals surface area (Å²) < 4.78 is 0.930. The number of hydrogen-bond donors (Lipinski definition) is 2. The Bertz CT molecular complexity index is 914. The smallest absolute Gasteiger partial charge is 0.240 e. The van der Waals surface area contributed by atoms with Gasteiger partial charge in [-0.3, -0.25) is 9.59 Å². The van der Waals surface area contributed by atoms with Crippen molar-refractivity contribution in [2.75, 3.05) is 5.32 Å². The molecule has 1 aliphatic heterocycles. The molecule has 3 rings (SSSR count). The minimum absolute atomic E-state index is 0.0641. The summed E-state index contributed by atoms with van der Waals surface area (Å²) in [7, 11) is 0. The number of nitrogens with zero attached hydrogens (tertiary/aromatic N) is 2. The van der Waals surface area contributed by atoms with Crippen LogP contribution in [0.25, 0.3) is 0 Å². The van der Waals surface area contributed by atoms with Crippen LogP contribution < -0.4 is 10.6 Å². The highest BCUT2D eigenvalue weighted by Gasteiger charge is 2.32. The van der Waals surface area contributed by atoms with E-state index in [9.17, 15) is 9.59 Å². The van der Waals surface area contributed by atoms with Crippen molar-refractivity contribution < 1.29 is 9.59 Å². The topological polar surface area (TPSA) is 82.9 Å². The zero-order chi connectivity index (χ0) is 19.9. The summed E-state index contributed by atoms with van der Waals surface area (Å²) in [6.07, 6.45) is 0.785. The fourth-order valence-electron chi connectivity index (χ4n) is 2.57. The zero-order valence-corrected chi connectivity index (χ0v) is 17.6. The molecular weight excluding hydrogens is 440 g/mol. The number of carbonyl (C=O) groups is 2. The maximum Gasteiger partial charge on any atom is 0.240 e. The average Bonchev–Trinajstić information content (AvgIpc) is 3.04. The van der Waals surface area contributed by atoms with Gasteiger partial charge < -0.3 is 10.6 Å². The van der Waals surface area contributed by atoms with Crippen LogP contribution in [0.5, 0.6) is 0 Å².